The van der Waals surface area contributed by atoms with Crippen LogP contribution in [0.15, 0.2) is 46.6 Å². The quantitative estimate of drug-likeness (QED) is 0.429. The second-order valence-corrected chi connectivity index (χ2v) is 5.99. The number of amides is 2. The molecule has 2 aliphatic heterocycles. The average Bonchev–Trinajstić information content (AvgIpc) is 3.36. The van der Waals surface area contributed by atoms with Gasteiger partial charge in [-0.2, -0.15) is 10.2 Å². The van der Waals surface area contributed by atoms with Gasteiger partial charge in [0, 0.05) is 0 Å². The van der Waals surface area contributed by atoms with Crippen LogP contribution in [0.25, 0.3) is 0 Å². The van der Waals surface area contributed by atoms with E-state index in [2.05, 4.69) is 21.1 Å². The number of hydrogen-bond donors (Lipinski definition) is 2. The fraction of sp³-hybridized carbons (Fsp3) is 0.158. The fourth-order valence-electron chi connectivity index (χ4n) is 2.57. The molecule has 0 saturated heterocycles. The Bertz CT molecular complexity index is 925. The number of ether oxygens (including phenoxy) is 4. The number of hydrazone groups is 2. The maximum absolute atomic E-state index is 11.8. The number of carbonyl (C=O) groups is 2. The van der Waals surface area contributed by atoms with Crippen LogP contribution in [-0.4, -0.2) is 37.8 Å². The molecule has 2 amide bonds. The molecule has 0 aromatic heterocycles. The molecule has 0 saturated carbocycles. The SMILES string of the molecule is O=C(CC(=O)N/N=C\c1ccc2c(c1)OCO2)N/N=C\c1ccc2c(c1)OCO2. The van der Waals surface area contributed by atoms with E-state index in [1.54, 1.807) is 36.4 Å². The second kappa shape index (κ2) is 8.30. The minimum Gasteiger partial charge on any atom is -0.454 e. The molecule has 2 aromatic rings. The summed E-state index contributed by atoms with van der Waals surface area (Å²) in [6, 6.07) is 10.5. The largest absolute Gasteiger partial charge is 0.454 e. The zero-order chi connectivity index (χ0) is 20.1. The van der Waals surface area contributed by atoms with Crippen molar-refractivity contribution in [2.45, 2.75) is 6.42 Å². The summed E-state index contributed by atoms with van der Waals surface area (Å²) in [6.07, 6.45) is 2.46. The van der Waals surface area contributed by atoms with Crippen molar-refractivity contribution < 1.29 is 28.5 Å². The highest BCUT2D eigenvalue weighted by Crippen LogP contribution is 2.32. The molecule has 0 spiro atoms. The minimum absolute atomic E-state index is 0.179. The Morgan fingerprint density at radius 1 is 0.759 bits per heavy atom. The standard InChI is InChI=1S/C19H16N4O6/c24-18(22-20-8-12-1-3-14-16(5-12)28-10-26-14)7-19(25)23-21-9-13-2-4-15-17(6-13)29-11-27-15/h1-6,8-9H,7,10-11H2,(H,22,24)(H,23,25)/b20-8-,21-9-. The van der Waals surface area contributed by atoms with Crippen LogP contribution >= 0.6 is 0 Å². The first-order valence-corrected chi connectivity index (χ1v) is 8.60. The summed E-state index contributed by atoms with van der Waals surface area (Å²) in [5.74, 6) is 1.39. The predicted molar refractivity (Wildman–Crippen MR) is 101 cm³/mol. The lowest BCUT2D eigenvalue weighted by atomic mass is 10.2. The van der Waals surface area contributed by atoms with Gasteiger partial charge in [0.15, 0.2) is 23.0 Å². The van der Waals surface area contributed by atoms with Crippen molar-refractivity contribution in [2.24, 2.45) is 10.2 Å². The van der Waals surface area contributed by atoms with Crippen molar-refractivity contribution in [3.8, 4) is 23.0 Å². The minimum atomic E-state index is -0.572. The predicted octanol–water partition coefficient (Wildman–Crippen LogP) is 1.13. The normalized spacial score (nSPS) is 13.8. The summed E-state index contributed by atoms with van der Waals surface area (Å²) in [4.78, 5) is 23.6. The Kier molecular flexibility index (Phi) is 5.23. The summed E-state index contributed by atoms with van der Waals surface area (Å²) in [7, 11) is 0. The van der Waals surface area contributed by atoms with Crippen molar-refractivity contribution >= 4 is 24.2 Å². The van der Waals surface area contributed by atoms with Gasteiger partial charge in [-0.15, -0.1) is 0 Å². The molecule has 10 nitrogen and oxygen atoms in total. The molecule has 0 fully saturated rings. The summed E-state index contributed by atoms with van der Waals surface area (Å²) in [6.45, 7) is 0.359. The molecule has 0 aliphatic carbocycles. The molecule has 0 bridgehead atoms. The lowest BCUT2D eigenvalue weighted by molar-refractivity contribution is -0.129. The van der Waals surface area contributed by atoms with E-state index in [-0.39, 0.29) is 13.6 Å². The summed E-state index contributed by atoms with van der Waals surface area (Å²) < 4.78 is 21.0. The van der Waals surface area contributed by atoms with Gasteiger partial charge in [-0.05, 0) is 47.5 Å². The molecule has 0 unspecified atom stereocenters. The third-order valence-electron chi connectivity index (χ3n) is 3.92. The Balaban J connectivity index is 1.21. The molecule has 2 N–H and O–H groups in total. The molecule has 10 heteroatoms. The van der Waals surface area contributed by atoms with Crippen LogP contribution < -0.4 is 29.8 Å². The molecule has 2 aliphatic rings. The van der Waals surface area contributed by atoms with Crippen LogP contribution in [0, 0.1) is 0 Å². The number of hydrogen-bond acceptors (Lipinski definition) is 8. The Morgan fingerprint density at radius 2 is 1.21 bits per heavy atom. The van der Waals surface area contributed by atoms with Crippen LogP contribution in [0.4, 0.5) is 0 Å². The van der Waals surface area contributed by atoms with Gasteiger partial charge in [-0.25, -0.2) is 10.9 Å². The molecule has 0 radical (unpaired) electrons. The smallest absolute Gasteiger partial charge is 0.249 e. The van der Waals surface area contributed by atoms with Crippen LogP contribution in [0.5, 0.6) is 23.0 Å². The number of fused-ring (bicyclic) bond motifs is 2. The Labute approximate surface area is 165 Å². The van der Waals surface area contributed by atoms with Gasteiger partial charge in [-0.1, -0.05) is 0 Å². The fourth-order valence-corrected chi connectivity index (χ4v) is 2.57. The van der Waals surface area contributed by atoms with Gasteiger partial charge in [0.25, 0.3) is 0 Å². The third kappa shape index (κ3) is 4.61. The van der Waals surface area contributed by atoms with E-state index in [0.29, 0.717) is 34.1 Å². The van der Waals surface area contributed by atoms with Crippen LogP contribution in [0.3, 0.4) is 0 Å². The first-order chi connectivity index (χ1) is 14.2. The van der Waals surface area contributed by atoms with Gasteiger partial charge in [0.2, 0.25) is 25.4 Å². The number of benzene rings is 2. The van der Waals surface area contributed by atoms with Crippen molar-refractivity contribution in [1.29, 1.82) is 0 Å². The molecule has 148 valence electrons. The zero-order valence-corrected chi connectivity index (χ0v) is 15.1. The highest BCUT2D eigenvalue weighted by molar-refractivity contribution is 5.97. The Hall–Kier alpha value is -4.08. The van der Waals surface area contributed by atoms with Gasteiger partial charge in [0.1, 0.15) is 6.42 Å². The highest BCUT2D eigenvalue weighted by atomic mass is 16.7. The lowest BCUT2D eigenvalue weighted by Crippen LogP contribution is -2.27. The number of nitrogens with zero attached hydrogens (tertiary/aromatic N) is 2. The van der Waals surface area contributed by atoms with Crippen molar-refractivity contribution in [3.63, 3.8) is 0 Å². The molecular formula is C19H16N4O6. The van der Waals surface area contributed by atoms with Gasteiger partial charge in [0.05, 0.1) is 12.4 Å². The van der Waals surface area contributed by atoms with Crippen LogP contribution in [-0.2, 0) is 9.59 Å². The molecule has 4 rings (SSSR count). The second-order valence-electron chi connectivity index (χ2n) is 5.99. The number of nitrogens with one attached hydrogen (secondary N) is 2. The van der Waals surface area contributed by atoms with E-state index in [1.807, 2.05) is 0 Å². The van der Waals surface area contributed by atoms with Gasteiger partial charge in [-0.3, -0.25) is 9.59 Å². The van der Waals surface area contributed by atoms with Crippen LogP contribution in [0.1, 0.15) is 17.5 Å². The highest BCUT2D eigenvalue weighted by Gasteiger charge is 2.13. The molecular weight excluding hydrogens is 380 g/mol. The molecule has 2 heterocycles. The van der Waals surface area contributed by atoms with Crippen molar-refractivity contribution in [3.05, 3.63) is 47.5 Å². The average molecular weight is 396 g/mol. The van der Waals surface area contributed by atoms with E-state index < -0.39 is 18.2 Å². The van der Waals surface area contributed by atoms with Gasteiger partial charge < -0.3 is 18.9 Å². The van der Waals surface area contributed by atoms with E-state index >= 15 is 0 Å². The first-order valence-electron chi connectivity index (χ1n) is 8.60. The lowest BCUT2D eigenvalue weighted by Gasteiger charge is -2.00. The van der Waals surface area contributed by atoms with E-state index in [9.17, 15) is 9.59 Å². The topological polar surface area (TPSA) is 120 Å². The Morgan fingerprint density at radius 3 is 1.69 bits per heavy atom. The first kappa shape index (κ1) is 18.3. The maximum Gasteiger partial charge on any atom is 0.249 e. The van der Waals surface area contributed by atoms with Crippen molar-refractivity contribution in [2.75, 3.05) is 13.6 Å². The van der Waals surface area contributed by atoms with E-state index in [1.165, 1.54) is 12.4 Å². The maximum atomic E-state index is 11.8. The molecule has 29 heavy (non-hydrogen) atoms. The van der Waals surface area contributed by atoms with Crippen LogP contribution in [0.2, 0.25) is 0 Å². The summed E-state index contributed by atoms with van der Waals surface area (Å²) in [5.41, 5.74) is 5.99. The van der Waals surface area contributed by atoms with E-state index in [0.717, 1.165) is 0 Å². The van der Waals surface area contributed by atoms with E-state index in [4.69, 9.17) is 18.9 Å². The molecule has 2 aromatic carbocycles. The molecule has 0 atom stereocenters. The summed E-state index contributed by atoms with van der Waals surface area (Å²) >= 11 is 0. The monoisotopic (exact) mass is 396 g/mol. The summed E-state index contributed by atoms with van der Waals surface area (Å²) in [5, 5.41) is 7.63. The van der Waals surface area contributed by atoms with Crippen molar-refractivity contribution in [1.82, 2.24) is 10.9 Å². The number of rotatable bonds is 6. The van der Waals surface area contributed by atoms with Gasteiger partial charge >= 0.3 is 0 Å². The number of carbonyl (C=O) groups excluding carboxylic acids is 2. The third-order valence-corrected chi connectivity index (χ3v) is 3.92. The zero-order valence-electron chi connectivity index (χ0n) is 15.1.